The molecule has 0 aliphatic rings. The van der Waals surface area contributed by atoms with Crippen molar-refractivity contribution in [2.75, 3.05) is 0 Å². The average molecular weight is 531 g/mol. The second-order valence-electron chi connectivity index (χ2n) is 9.20. The van der Waals surface area contributed by atoms with Gasteiger partial charge in [-0.3, -0.25) is 19.2 Å². The number of H-pyrrole nitrogens is 1. The molecule has 2 aromatic rings. The molecule has 0 aliphatic carbocycles. The van der Waals surface area contributed by atoms with Crippen molar-refractivity contribution in [3.63, 3.8) is 0 Å². The Labute approximate surface area is 219 Å². The quantitative estimate of drug-likeness (QED) is 0.159. The number of amides is 3. The van der Waals surface area contributed by atoms with E-state index in [-0.39, 0.29) is 19.3 Å². The highest BCUT2D eigenvalue weighted by atomic mass is 16.4. The number of benzene rings is 1. The minimum Gasteiger partial charge on any atom is -0.481 e. The molecule has 0 bridgehead atoms. The lowest BCUT2D eigenvalue weighted by atomic mass is 10.00. The summed E-state index contributed by atoms with van der Waals surface area (Å²) in [6.07, 6.45) is 2.39. The van der Waals surface area contributed by atoms with Gasteiger partial charge in [0.05, 0.1) is 12.4 Å². The zero-order valence-corrected chi connectivity index (χ0v) is 21.2. The summed E-state index contributed by atoms with van der Waals surface area (Å²) >= 11 is 0. The second-order valence-corrected chi connectivity index (χ2v) is 9.20. The first-order valence-electron chi connectivity index (χ1n) is 12.1. The molecular weight excluding hydrogens is 496 g/mol. The van der Waals surface area contributed by atoms with Crippen LogP contribution in [0.15, 0.2) is 42.9 Å². The predicted molar refractivity (Wildman–Crippen MR) is 136 cm³/mol. The van der Waals surface area contributed by atoms with E-state index in [1.165, 1.54) is 12.5 Å². The van der Waals surface area contributed by atoms with E-state index in [1.54, 1.807) is 44.2 Å². The molecule has 3 amide bonds. The Kier molecular flexibility index (Phi) is 11.4. The number of nitrogens with zero attached hydrogens (tertiary/aromatic N) is 1. The van der Waals surface area contributed by atoms with Crippen molar-refractivity contribution >= 4 is 29.7 Å². The standard InChI is InChI=1S/C25H34N6O7/c1-14(2)21(24(36)30-19(25(37)38)10-15-6-4-3-5-7-15)31-23(35)18(8-9-20(32)33)29-22(34)17(26)11-16-12-27-13-28-16/h3-7,12-14,17-19,21H,8-11,26H2,1-2H3,(H,27,28)(H,29,34)(H,30,36)(H,31,35)(H,32,33)(H,37,38). The number of rotatable bonds is 15. The molecule has 0 radical (unpaired) electrons. The van der Waals surface area contributed by atoms with Crippen LogP contribution in [0.5, 0.6) is 0 Å². The number of aromatic amines is 1. The topological polar surface area (TPSA) is 217 Å². The van der Waals surface area contributed by atoms with Crippen LogP contribution in [-0.2, 0) is 36.8 Å². The lowest BCUT2D eigenvalue weighted by Crippen LogP contribution is -2.58. The summed E-state index contributed by atoms with van der Waals surface area (Å²) in [5.41, 5.74) is 7.23. The number of hydrogen-bond acceptors (Lipinski definition) is 7. The maximum Gasteiger partial charge on any atom is 0.326 e. The molecule has 0 fully saturated rings. The Morgan fingerprint density at radius 2 is 1.58 bits per heavy atom. The van der Waals surface area contributed by atoms with E-state index >= 15 is 0 Å². The monoisotopic (exact) mass is 530 g/mol. The third-order valence-corrected chi connectivity index (χ3v) is 5.76. The fraction of sp³-hybridized carbons (Fsp3) is 0.440. The fourth-order valence-electron chi connectivity index (χ4n) is 3.64. The molecule has 1 aromatic carbocycles. The van der Waals surface area contributed by atoms with Crippen LogP contribution >= 0.6 is 0 Å². The Balaban J connectivity index is 2.10. The summed E-state index contributed by atoms with van der Waals surface area (Å²) in [5, 5.41) is 26.2. The van der Waals surface area contributed by atoms with Crippen molar-refractivity contribution in [2.24, 2.45) is 11.7 Å². The number of carboxylic acid groups (broad SMARTS) is 2. The summed E-state index contributed by atoms with van der Waals surface area (Å²) in [6.45, 7) is 3.31. The average Bonchev–Trinajstić information content (AvgIpc) is 3.37. The number of carbonyl (C=O) groups excluding carboxylic acids is 3. The molecule has 1 heterocycles. The van der Waals surface area contributed by atoms with Crippen molar-refractivity contribution in [1.82, 2.24) is 25.9 Å². The minimum atomic E-state index is -1.29. The van der Waals surface area contributed by atoms with Crippen LogP contribution in [0.25, 0.3) is 0 Å². The number of nitrogens with two attached hydrogens (primary N) is 1. The van der Waals surface area contributed by atoms with Crippen LogP contribution in [0.1, 0.15) is 37.9 Å². The van der Waals surface area contributed by atoms with Gasteiger partial charge in [-0.15, -0.1) is 0 Å². The highest BCUT2D eigenvalue weighted by Gasteiger charge is 2.32. The smallest absolute Gasteiger partial charge is 0.326 e. The van der Waals surface area contributed by atoms with E-state index in [0.717, 1.165) is 0 Å². The van der Waals surface area contributed by atoms with Gasteiger partial charge in [0, 0.05) is 31.2 Å². The molecule has 4 unspecified atom stereocenters. The zero-order chi connectivity index (χ0) is 28.2. The zero-order valence-electron chi connectivity index (χ0n) is 21.2. The second kappa shape index (κ2) is 14.5. The van der Waals surface area contributed by atoms with Gasteiger partial charge in [-0.2, -0.15) is 0 Å². The van der Waals surface area contributed by atoms with Crippen LogP contribution < -0.4 is 21.7 Å². The molecule has 13 heteroatoms. The molecule has 38 heavy (non-hydrogen) atoms. The molecule has 0 saturated heterocycles. The van der Waals surface area contributed by atoms with Crippen LogP contribution in [0.4, 0.5) is 0 Å². The summed E-state index contributed by atoms with van der Waals surface area (Å²) in [4.78, 5) is 68.3. The van der Waals surface area contributed by atoms with Crippen molar-refractivity contribution in [3.8, 4) is 0 Å². The first kappa shape index (κ1) is 30.0. The van der Waals surface area contributed by atoms with Crippen LogP contribution in [0, 0.1) is 5.92 Å². The number of hydrogen-bond donors (Lipinski definition) is 7. The van der Waals surface area contributed by atoms with E-state index < -0.39 is 66.2 Å². The maximum absolute atomic E-state index is 13.1. The highest BCUT2D eigenvalue weighted by Crippen LogP contribution is 2.09. The van der Waals surface area contributed by atoms with Gasteiger partial charge >= 0.3 is 11.9 Å². The molecule has 8 N–H and O–H groups in total. The third-order valence-electron chi connectivity index (χ3n) is 5.76. The van der Waals surface area contributed by atoms with Crippen LogP contribution in [0.2, 0.25) is 0 Å². The number of aromatic nitrogens is 2. The number of imidazole rings is 1. The van der Waals surface area contributed by atoms with Gasteiger partial charge in [-0.1, -0.05) is 44.2 Å². The molecule has 4 atom stereocenters. The predicted octanol–water partition coefficient (Wildman–Crippen LogP) is -0.418. The minimum absolute atomic E-state index is 0.0339. The summed E-state index contributed by atoms with van der Waals surface area (Å²) in [5.74, 6) is -5.09. The van der Waals surface area contributed by atoms with E-state index in [0.29, 0.717) is 11.3 Å². The molecular formula is C25H34N6O7. The van der Waals surface area contributed by atoms with E-state index in [4.69, 9.17) is 10.8 Å². The first-order chi connectivity index (χ1) is 18.0. The van der Waals surface area contributed by atoms with Gasteiger partial charge < -0.3 is 36.9 Å². The lowest BCUT2D eigenvalue weighted by Gasteiger charge is -2.27. The molecule has 0 spiro atoms. The number of nitrogens with one attached hydrogen (secondary N) is 4. The Morgan fingerprint density at radius 3 is 2.13 bits per heavy atom. The van der Waals surface area contributed by atoms with Crippen molar-refractivity contribution in [2.45, 2.75) is 63.7 Å². The number of aliphatic carboxylic acids is 2. The molecule has 0 saturated carbocycles. The van der Waals surface area contributed by atoms with Gasteiger partial charge in [0.1, 0.15) is 18.1 Å². The summed E-state index contributed by atoms with van der Waals surface area (Å²) in [6, 6.07) is 4.02. The fourth-order valence-corrected chi connectivity index (χ4v) is 3.64. The molecule has 2 rings (SSSR count). The molecule has 206 valence electrons. The lowest BCUT2D eigenvalue weighted by molar-refractivity contribution is -0.142. The maximum atomic E-state index is 13.1. The van der Waals surface area contributed by atoms with Gasteiger partial charge in [0.2, 0.25) is 17.7 Å². The first-order valence-corrected chi connectivity index (χ1v) is 12.1. The Bertz CT molecular complexity index is 1090. The van der Waals surface area contributed by atoms with Crippen molar-refractivity contribution < 1.29 is 34.2 Å². The number of carbonyl (C=O) groups is 5. The molecule has 0 aliphatic heterocycles. The van der Waals surface area contributed by atoms with Gasteiger partial charge in [0.15, 0.2) is 0 Å². The number of carboxylic acids is 2. The normalized spacial score (nSPS) is 14.1. The van der Waals surface area contributed by atoms with E-state index in [2.05, 4.69) is 25.9 Å². The molecule has 1 aromatic heterocycles. The van der Waals surface area contributed by atoms with Crippen LogP contribution in [-0.4, -0.2) is 74.0 Å². The summed E-state index contributed by atoms with van der Waals surface area (Å²) < 4.78 is 0. The van der Waals surface area contributed by atoms with Gasteiger partial charge in [-0.25, -0.2) is 9.78 Å². The summed E-state index contributed by atoms with van der Waals surface area (Å²) in [7, 11) is 0. The Morgan fingerprint density at radius 1 is 0.921 bits per heavy atom. The SMILES string of the molecule is CC(C)C(NC(=O)C(CCC(=O)O)NC(=O)C(N)Cc1cnc[nH]1)C(=O)NC(Cc1ccccc1)C(=O)O. The molecule has 13 nitrogen and oxygen atoms in total. The van der Waals surface area contributed by atoms with Crippen molar-refractivity contribution in [3.05, 3.63) is 54.1 Å². The Hall–Kier alpha value is -4.26. The van der Waals surface area contributed by atoms with Gasteiger partial charge in [0.25, 0.3) is 0 Å². The largest absolute Gasteiger partial charge is 0.481 e. The van der Waals surface area contributed by atoms with Crippen molar-refractivity contribution in [1.29, 1.82) is 0 Å². The van der Waals surface area contributed by atoms with Crippen LogP contribution in [0.3, 0.4) is 0 Å². The highest BCUT2D eigenvalue weighted by molar-refractivity contribution is 5.94. The van der Waals surface area contributed by atoms with E-state index in [1.807, 2.05) is 0 Å². The third kappa shape index (κ3) is 9.65. The van der Waals surface area contributed by atoms with E-state index in [9.17, 15) is 29.1 Å². The van der Waals surface area contributed by atoms with Gasteiger partial charge in [-0.05, 0) is 17.9 Å².